The molecule has 2 N–H and O–H groups in total. The van der Waals surface area contributed by atoms with Crippen LogP contribution in [0.15, 0.2) is 36.4 Å². The maximum absolute atomic E-state index is 13.5. The number of hydrogen-bond donors (Lipinski definition) is 2. The second-order valence-corrected chi connectivity index (χ2v) is 4.73. The first kappa shape index (κ1) is 15.1. The molecule has 5 heteroatoms. The molecule has 21 heavy (non-hydrogen) atoms. The Balaban J connectivity index is 2.15. The molecule has 0 heterocycles. The number of nitrogens with one attached hydrogen (secondary N) is 1. The van der Waals surface area contributed by atoms with Crippen molar-refractivity contribution >= 4 is 11.6 Å². The van der Waals surface area contributed by atoms with E-state index in [0.717, 1.165) is 17.7 Å². The maximum Gasteiger partial charge on any atom is 0.229 e. The summed E-state index contributed by atoms with van der Waals surface area (Å²) in [7, 11) is 0. The zero-order valence-corrected chi connectivity index (χ0v) is 11.5. The zero-order chi connectivity index (χ0) is 15.4. The van der Waals surface area contributed by atoms with Gasteiger partial charge in [0.25, 0.3) is 0 Å². The molecule has 0 fully saturated rings. The van der Waals surface area contributed by atoms with E-state index in [1.807, 2.05) is 0 Å². The van der Waals surface area contributed by atoms with Crippen LogP contribution >= 0.6 is 0 Å². The number of carbonyl (C=O) groups is 1. The van der Waals surface area contributed by atoms with E-state index in [1.54, 1.807) is 25.1 Å². The Bertz CT molecular complexity index is 651. The van der Waals surface area contributed by atoms with E-state index in [9.17, 15) is 13.6 Å². The minimum atomic E-state index is -0.744. The van der Waals surface area contributed by atoms with E-state index < -0.39 is 17.5 Å². The molecule has 0 spiro atoms. The number of benzene rings is 2. The number of anilines is 1. The summed E-state index contributed by atoms with van der Waals surface area (Å²) >= 11 is 0. The number of rotatable bonds is 4. The van der Waals surface area contributed by atoms with Crippen LogP contribution in [0, 0.1) is 18.6 Å². The van der Waals surface area contributed by atoms with Crippen molar-refractivity contribution in [2.75, 3.05) is 5.32 Å². The summed E-state index contributed by atoms with van der Waals surface area (Å²) in [5.41, 5.74) is 1.71. The summed E-state index contributed by atoms with van der Waals surface area (Å²) in [5.74, 6) is -2.01. The largest absolute Gasteiger partial charge is 0.392 e. The first-order chi connectivity index (χ1) is 10.0. The lowest BCUT2D eigenvalue weighted by Crippen LogP contribution is -2.17. The van der Waals surface area contributed by atoms with Crippen LogP contribution in [0.5, 0.6) is 0 Å². The van der Waals surface area contributed by atoms with Gasteiger partial charge in [-0.15, -0.1) is 0 Å². The van der Waals surface area contributed by atoms with Crippen molar-refractivity contribution in [3.05, 3.63) is 64.7 Å². The highest BCUT2D eigenvalue weighted by Gasteiger charge is 2.13. The van der Waals surface area contributed by atoms with Crippen molar-refractivity contribution in [1.82, 2.24) is 0 Å². The molecule has 0 saturated carbocycles. The molecule has 1 amide bonds. The van der Waals surface area contributed by atoms with Crippen LogP contribution in [0.2, 0.25) is 0 Å². The Kier molecular flexibility index (Phi) is 4.65. The molecule has 2 rings (SSSR count). The van der Waals surface area contributed by atoms with Crippen LogP contribution in [0.1, 0.15) is 16.7 Å². The van der Waals surface area contributed by atoms with Crippen LogP contribution < -0.4 is 5.32 Å². The van der Waals surface area contributed by atoms with Crippen LogP contribution in [0.25, 0.3) is 0 Å². The number of carbonyl (C=O) groups excluding carboxylic acids is 1. The Morgan fingerprint density at radius 3 is 2.48 bits per heavy atom. The zero-order valence-electron chi connectivity index (χ0n) is 11.5. The molecule has 0 unspecified atom stereocenters. The summed E-state index contributed by atoms with van der Waals surface area (Å²) in [6.07, 6.45) is -0.388. The standard InChI is InChI=1S/C16H15F2NO2/c1-10-5-6-11(9-20)7-15(10)19-16(21)8-12-13(17)3-2-4-14(12)18/h2-7,20H,8-9H2,1H3,(H,19,21). The van der Waals surface area contributed by atoms with E-state index in [-0.39, 0.29) is 18.6 Å². The molecule has 0 bridgehead atoms. The summed E-state index contributed by atoms with van der Waals surface area (Å²) < 4.78 is 27.0. The van der Waals surface area contributed by atoms with Gasteiger partial charge in [0.15, 0.2) is 0 Å². The predicted octanol–water partition coefficient (Wildman–Crippen LogP) is 2.95. The van der Waals surface area contributed by atoms with Gasteiger partial charge in [0.2, 0.25) is 5.91 Å². The van der Waals surface area contributed by atoms with E-state index in [0.29, 0.717) is 11.3 Å². The molecular formula is C16H15F2NO2. The SMILES string of the molecule is Cc1ccc(CO)cc1NC(=O)Cc1c(F)cccc1F. The molecule has 0 saturated heterocycles. The Labute approximate surface area is 121 Å². The van der Waals surface area contributed by atoms with Gasteiger partial charge in [-0.3, -0.25) is 4.79 Å². The van der Waals surface area contributed by atoms with Gasteiger partial charge in [0.1, 0.15) is 11.6 Å². The van der Waals surface area contributed by atoms with Gasteiger partial charge >= 0.3 is 0 Å². The molecule has 2 aromatic rings. The van der Waals surface area contributed by atoms with Crippen LogP contribution in [0.4, 0.5) is 14.5 Å². The minimum Gasteiger partial charge on any atom is -0.392 e. The molecule has 0 radical (unpaired) electrons. The third-order valence-electron chi connectivity index (χ3n) is 3.16. The summed E-state index contributed by atoms with van der Waals surface area (Å²) in [6, 6.07) is 8.60. The molecule has 2 aromatic carbocycles. The minimum absolute atomic E-state index is 0.148. The fraction of sp³-hybridized carbons (Fsp3) is 0.188. The normalized spacial score (nSPS) is 10.5. The van der Waals surface area contributed by atoms with Crippen molar-refractivity contribution < 1.29 is 18.7 Å². The summed E-state index contributed by atoms with van der Waals surface area (Å²) in [4.78, 5) is 11.9. The lowest BCUT2D eigenvalue weighted by molar-refractivity contribution is -0.115. The number of aryl methyl sites for hydroxylation is 1. The summed E-state index contributed by atoms with van der Waals surface area (Å²) in [5, 5.41) is 11.7. The molecular weight excluding hydrogens is 276 g/mol. The van der Waals surface area contributed by atoms with Gasteiger partial charge in [0, 0.05) is 11.3 Å². The van der Waals surface area contributed by atoms with Crippen LogP contribution in [-0.4, -0.2) is 11.0 Å². The number of halogens is 2. The fourth-order valence-electron chi connectivity index (χ4n) is 1.96. The van der Waals surface area contributed by atoms with Gasteiger partial charge < -0.3 is 10.4 Å². The third kappa shape index (κ3) is 3.64. The predicted molar refractivity (Wildman–Crippen MR) is 75.8 cm³/mol. The number of hydrogen-bond acceptors (Lipinski definition) is 2. The molecule has 0 aliphatic heterocycles. The number of amides is 1. The average Bonchev–Trinajstić information content (AvgIpc) is 2.45. The fourth-order valence-corrected chi connectivity index (χ4v) is 1.96. The molecule has 0 atom stereocenters. The van der Waals surface area contributed by atoms with Gasteiger partial charge in [-0.1, -0.05) is 18.2 Å². The highest BCUT2D eigenvalue weighted by atomic mass is 19.1. The molecule has 0 aliphatic carbocycles. The maximum atomic E-state index is 13.5. The first-order valence-corrected chi connectivity index (χ1v) is 6.44. The molecule has 0 aromatic heterocycles. The van der Waals surface area contributed by atoms with Gasteiger partial charge in [-0.25, -0.2) is 8.78 Å². The van der Waals surface area contributed by atoms with Crippen molar-refractivity contribution in [2.24, 2.45) is 0 Å². The van der Waals surface area contributed by atoms with Crippen molar-refractivity contribution in [2.45, 2.75) is 20.0 Å². The first-order valence-electron chi connectivity index (χ1n) is 6.44. The van der Waals surface area contributed by atoms with Crippen LogP contribution in [-0.2, 0) is 17.8 Å². The van der Waals surface area contributed by atoms with E-state index in [4.69, 9.17) is 5.11 Å². The van der Waals surface area contributed by atoms with Crippen molar-refractivity contribution in [3.63, 3.8) is 0 Å². The Morgan fingerprint density at radius 1 is 1.19 bits per heavy atom. The Morgan fingerprint density at radius 2 is 1.86 bits per heavy atom. The van der Waals surface area contributed by atoms with Crippen molar-refractivity contribution in [3.8, 4) is 0 Å². The topological polar surface area (TPSA) is 49.3 Å². The molecule has 3 nitrogen and oxygen atoms in total. The van der Waals surface area contributed by atoms with Gasteiger partial charge in [-0.2, -0.15) is 0 Å². The average molecular weight is 291 g/mol. The Hall–Kier alpha value is -2.27. The number of aliphatic hydroxyl groups is 1. The highest BCUT2D eigenvalue weighted by Crippen LogP contribution is 2.18. The number of aliphatic hydroxyl groups excluding tert-OH is 1. The van der Waals surface area contributed by atoms with E-state index in [1.165, 1.54) is 6.07 Å². The molecule has 0 aliphatic rings. The van der Waals surface area contributed by atoms with Crippen molar-refractivity contribution in [1.29, 1.82) is 0 Å². The van der Waals surface area contributed by atoms with Crippen LogP contribution in [0.3, 0.4) is 0 Å². The van der Waals surface area contributed by atoms with Gasteiger partial charge in [-0.05, 0) is 36.2 Å². The quantitative estimate of drug-likeness (QED) is 0.910. The lowest BCUT2D eigenvalue weighted by Gasteiger charge is -2.10. The van der Waals surface area contributed by atoms with E-state index in [2.05, 4.69) is 5.32 Å². The molecule has 110 valence electrons. The summed E-state index contributed by atoms with van der Waals surface area (Å²) in [6.45, 7) is 1.64. The van der Waals surface area contributed by atoms with E-state index >= 15 is 0 Å². The highest BCUT2D eigenvalue weighted by molar-refractivity contribution is 5.93. The second kappa shape index (κ2) is 6.45. The lowest BCUT2D eigenvalue weighted by atomic mass is 10.1. The second-order valence-electron chi connectivity index (χ2n) is 4.73. The van der Waals surface area contributed by atoms with Gasteiger partial charge in [0.05, 0.1) is 13.0 Å². The third-order valence-corrected chi connectivity index (χ3v) is 3.16. The smallest absolute Gasteiger partial charge is 0.229 e. The monoisotopic (exact) mass is 291 g/mol.